The third kappa shape index (κ3) is 4.82. The highest BCUT2D eigenvalue weighted by atomic mass is 16.5. The van der Waals surface area contributed by atoms with Crippen LogP contribution in [0.15, 0.2) is 43.0 Å². The number of likely N-dealkylation sites (tertiary alicyclic amines) is 1. The molecular formula is C29H40N2O5. The number of carbonyl (C=O) groups excluding carboxylic acids is 3. The van der Waals surface area contributed by atoms with Crippen molar-refractivity contribution in [2.24, 2.45) is 16.7 Å². The molecule has 2 bridgehead atoms. The van der Waals surface area contributed by atoms with Gasteiger partial charge in [0.2, 0.25) is 11.8 Å². The molecule has 3 fully saturated rings. The van der Waals surface area contributed by atoms with Crippen LogP contribution in [0, 0.1) is 16.7 Å². The number of nitrogens with one attached hydrogen (secondary N) is 1. The highest BCUT2D eigenvalue weighted by Crippen LogP contribution is 2.66. The quantitative estimate of drug-likeness (QED) is 0.404. The van der Waals surface area contributed by atoms with Crippen LogP contribution in [0.1, 0.15) is 64.9 Å². The third-order valence-electron chi connectivity index (χ3n) is 9.37. The Morgan fingerprint density at radius 3 is 2.56 bits per heavy atom. The van der Waals surface area contributed by atoms with Crippen LogP contribution in [0.3, 0.4) is 0 Å². The fourth-order valence-electron chi connectivity index (χ4n) is 6.59. The SMILES string of the molecule is C=CCC(NC(=O)C(O)Cc1ccccc1)C(=O)N1CCCC1C(=O)OC1CC2CCC1(C)C2(C)C. The second-order valence-electron chi connectivity index (χ2n) is 11.5. The summed E-state index contributed by atoms with van der Waals surface area (Å²) in [7, 11) is 0. The minimum Gasteiger partial charge on any atom is -0.460 e. The average Bonchev–Trinajstić information content (AvgIpc) is 3.47. The summed E-state index contributed by atoms with van der Waals surface area (Å²) in [4.78, 5) is 41.0. The van der Waals surface area contributed by atoms with Crippen LogP contribution in [0.4, 0.5) is 0 Å². The largest absolute Gasteiger partial charge is 0.460 e. The van der Waals surface area contributed by atoms with E-state index in [9.17, 15) is 19.5 Å². The maximum atomic E-state index is 13.5. The third-order valence-corrected chi connectivity index (χ3v) is 9.37. The monoisotopic (exact) mass is 496 g/mol. The molecule has 1 heterocycles. The molecule has 0 radical (unpaired) electrons. The van der Waals surface area contributed by atoms with E-state index in [1.54, 1.807) is 11.0 Å². The van der Waals surface area contributed by atoms with Gasteiger partial charge in [0.1, 0.15) is 24.3 Å². The van der Waals surface area contributed by atoms with Crippen LogP contribution in [0.2, 0.25) is 0 Å². The van der Waals surface area contributed by atoms with E-state index in [4.69, 9.17) is 4.74 Å². The molecule has 1 aliphatic heterocycles. The van der Waals surface area contributed by atoms with E-state index in [0.29, 0.717) is 25.3 Å². The van der Waals surface area contributed by atoms with Crippen LogP contribution >= 0.6 is 0 Å². The molecule has 0 aromatic heterocycles. The Kier molecular flexibility index (Phi) is 7.60. The molecule has 7 heteroatoms. The lowest BCUT2D eigenvalue weighted by molar-refractivity contribution is -0.165. The Morgan fingerprint density at radius 2 is 1.94 bits per heavy atom. The van der Waals surface area contributed by atoms with Crippen molar-refractivity contribution in [3.63, 3.8) is 0 Å². The van der Waals surface area contributed by atoms with E-state index >= 15 is 0 Å². The number of aliphatic hydroxyl groups excluding tert-OH is 1. The Balaban J connectivity index is 1.39. The van der Waals surface area contributed by atoms with Crippen molar-refractivity contribution in [3.8, 4) is 0 Å². The maximum Gasteiger partial charge on any atom is 0.329 e. The van der Waals surface area contributed by atoms with E-state index in [2.05, 4.69) is 32.7 Å². The zero-order valence-corrected chi connectivity index (χ0v) is 21.7. The van der Waals surface area contributed by atoms with Gasteiger partial charge < -0.3 is 20.1 Å². The first-order chi connectivity index (χ1) is 17.1. The Labute approximate surface area is 214 Å². The summed E-state index contributed by atoms with van der Waals surface area (Å²) >= 11 is 0. The molecule has 0 spiro atoms. The first kappa shape index (κ1) is 26.4. The number of benzene rings is 1. The molecule has 2 amide bonds. The zero-order valence-electron chi connectivity index (χ0n) is 21.7. The fraction of sp³-hybridized carbons (Fsp3) is 0.621. The summed E-state index contributed by atoms with van der Waals surface area (Å²) in [6.45, 7) is 10.9. The van der Waals surface area contributed by atoms with Crippen LogP contribution < -0.4 is 5.32 Å². The highest BCUT2D eigenvalue weighted by Gasteiger charge is 2.63. The molecule has 3 aliphatic rings. The summed E-state index contributed by atoms with van der Waals surface area (Å²) in [6.07, 6.45) is 4.86. The fourth-order valence-corrected chi connectivity index (χ4v) is 6.59. The van der Waals surface area contributed by atoms with Gasteiger partial charge in [-0.15, -0.1) is 6.58 Å². The van der Waals surface area contributed by atoms with Gasteiger partial charge in [0.05, 0.1) is 0 Å². The van der Waals surface area contributed by atoms with E-state index in [1.165, 1.54) is 6.42 Å². The van der Waals surface area contributed by atoms with Gasteiger partial charge in [-0.3, -0.25) is 9.59 Å². The summed E-state index contributed by atoms with van der Waals surface area (Å²) in [5.41, 5.74) is 0.907. The van der Waals surface area contributed by atoms with Gasteiger partial charge in [0.25, 0.3) is 0 Å². The number of aliphatic hydroxyl groups is 1. The number of hydrogen-bond donors (Lipinski definition) is 2. The molecule has 2 N–H and O–H groups in total. The highest BCUT2D eigenvalue weighted by molar-refractivity contribution is 5.92. The normalized spacial score (nSPS) is 30.0. The van der Waals surface area contributed by atoms with Crippen LogP contribution in [0.5, 0.6) is 0 Å². The lowest BCUT2D eigenvalue weighted by Gasteiger charge is -2.39. The van der Waals surface area contributed by atoms with Crippen LogP contribution in [-0.4, -0.2) is 58.6 Å². The van der Waals surface area contributed by atoms with Gasteiger partial charge >= 0.3 is 5.97 Å². The van der Waals surface area contributed by atoms with E-state index < -0.39 is 24.1 Å². The lowest BCUT2D eigenvalue weighted by atomic mass is 9.70. The van der Waals surface area contributed by atoms with Gasteiger partial charge in [-0.1, -0.05) is 57.2 Å². The first-order valence-corrected chi connectivity index (χ1v) is 13.2. The molecule has 1 aromatic carbocycles. The topological polar surface area (TPSA) is 95.9 Å². The molecule has 2 aliphatic carbocycles. The summed E-state index contributed by atoms with van der Waals surface area (Å²) in [5, 5.41) is 13.1. The Morgan fingerprint density at radius 1 is 1.22 bits per heavy atom. The minimum atomic E-state index is -1.28. The molecular weight excluding hydrogens is 456 g/mol. The van der Waals surface area contributed by atoms with Crippen LogP contribution in [-0.2, 0) is 25.5 Å². The molecule has 6 atom stereocenters. The number of carbonyl (C=O) groups is 3. The molecule has 1 aromatic rings. The first-order valence-electron chi connectivity index (χ1n) is 13.2. The summed E-state index contributed by atoms with van der Waals surface area (Å²) < 4.78 is 6.09. The molecule has 4 rings (SSSR count). The molecule has 7 nitrogen and oxygen atoms in total. The van der Waals surface area contributed by atoms with Crippen molar-refractivity contribution >= 4 is 17.8 Å². The molecule has 6 unspecified atom stereocenters. The zero-order chi connectivity index (χ0) is 26.1. The Hall–Kier alpha value is -2.67. The van der Waals surface area contributed by atoms with E-state index in [-0.39, 0.29) is 41.7 Å². The van der Waals surface area contributed by atoms with Crippen molar-refractivity contribution < 1.29 is 24.2 Å². The molecule has 2 saturated carbocycles. The van der Waals surface area contributed by atoms with Gasteiger partial charge in [-0.25, -0.2) is 4.79 Å². The summed E-state index contributed by atoms with van der Waals surface area (Å²) in [5.74, 6) is -0.747. The van der Waals surface area contributed by atoms with Crippen LogP contribution in [0.25, 0.3) is 0 Å². The average molecular weight is 497 g/mol. The number of hydrogen-bond acceptors (Lipinski definition) is 5. The molecule has 36 heavy (non-hydrogen) atoms. The number of ether oxygens (including phenoxy) is 1. The van der Waals surface area contributed by atoms with Crippen molar-refractivity contribution in [2.45, 2.75) is 90.0 Å². The molecule has 196 valence electrons. The number of nitrogens with zero attached hydrogens (tertiary/aromatic N) is 1. The number of esters is 1. The molecule has 1 saturated heterocycles. The number of fused-ring (bicyclic) bond motifs is 2. The standard InChI is InChI=1S/C29H40N2O5/c1-5-10-21(30-25(33)23(32)17-19-11-7-6-8-12-19)26(34)31-16-9-13-22(31)27(35)36-24-18-20-14-15-29(24,4)28(20,2)3/h5-8,11-12,20-24,32H,1,9-10,13-18H2,2-4H3,(H,30,33). The van der Waals surface area contributed by atoms with Crippen molar-refractivity contribution in [3.05, 3.63) is 48.6 Å². The second-order valence-corrected chi connectivity index (χ2v) is 11.5. The Bertz CT molecular complexity index is 993. The predicted octanol–water partition coefficient (Wildman–Crippen LogP) is 3.40. The van der Waals surface area contributed by atoms with Gasteiger partial charge in [-0.2, -0.15) is 0 Å². The number of amides is 2. The van der Waals surface area contributed by atoms with Gasteiger partial charge in [0.15, 0.2) is 0 Å². The van der Waals surface area contributed by atoms with E-state index in [0.717, 1.165) is 18.4 Å². The minimum absolute atomic E-state index is 0.0466. The van der Waals surface area contributed by atoms with Gasteiger partial charge in [0, 0.05) is 18.4 Å². The van der Waals surface area contributed by atoms with Gasteiger partial charge in [-0.05, 0) is 55.4 Å². The van der Waals surface area contributed by atoms with Crippen molar-refractivity contribution in [1.29, 1.82) is 0 Å². The smallest absolute Gasteiger partial charge is 0.329 e. The maximum absolute atomic E-state index is 13.5. The van der Waals surface area contributed by atoms with Crippen molar-refractivity contribution in [2.75, 3.05) is 6.54 Å². The predicted molar refractivity (Wildman–Crippen MR) is 137 cm³/mol. The number of rotatable bonds is 9. The van der Waals surface area contributed by atoms with E-state index in [1.807, 2.05) is 30.3 Å². The second kappa shape index (κ2) is 10.4. The summed E-state index contributed by atoms with van der Waals surface area (Å²) in [6, 6.07) is 7.67. The van der Waals surface area contributed by atoms with Crippen molar-refractivity contribution in [1.82, 2.24) is 10.2 Å². The lowest BCUT2D eigenvalue weighted by Crippen LogP contribution is -2.54.